The highest BCUT2D eigenvalue weighted by molar-refractivity contribution is 5.89. The number of nitrogens with one attached hydrogen (secondary N) is 2. The number of piperazine rings is 1. The molecule has 8 heteroatoms. The Morgan fingerprint density at radius 3 is 2.36 bits per heavy atom. The Bertz CT molecular complexity index is 1300. The molecule has 0 bridgehead atoms. The average Bonchev–Trinajstić information content (AvgIpc) is 3.22. The lowest BCUT2D eigenvalue weighted by Crippen LogP contribution is -2.43. The molecule has 0 saturated carbocycles. The molecule has 5 rings (SSSR count). The molecular weight excluding hydrogens is 452 g/mol. The van der Waals surface area contributed by atoms with Gasteiger partial charge in [0.15, 0.2) is 0 Å². The monoisotopic (exact) mass is 482 g/mol. The molecule has 0 unspecified atom stereocenters. The number of fused-ring (bicyclic) bond motifs is 3. The number of carbonyl (C=O) groups is 1. The van der Waals surface area contributed by atoms with Gasteiger partial charge in [-0.2, -0.15) is 0 Å². The normalized spacial score (nSPS) is 15.1. The number of benzene rings is 3. The third-order valence-corrected chi connectivity index (χ3v) is 7.25. The number of carbonyl (C=O) groups excluding carboxylic acids is 1. The zero-order chi connectivity index (χ0) is 25.1. The summed E-state index contributed by atoms with van der Waals surface area (Å²) in [6.07, 6.45) is -0.519. The Kier molecular flexibility index (Phi) is 6.91. The molecule has 0 atom stereocenters. The lowest BCUT2D eigenvalue weighted by molar-refractivity contribution is 0.158. The summed E-state index contributed by atoms with van der Waals surface area (Å²) in [4.78, 5) is 18.4. The van der Waals surface area contributed by atoms with Crippen LogP contribution in [0.25, 0.3) is 21.6 Å². The van der Waals surface area contributed by atoms with Gasteiger partial charge in [0, 0.05) is 49.2 Å². The van der Waals surface area contributed by atoms with Crippen molar-refractivity contribution in [2.75, 3.05) is 38.1 Å². The lowest BCUT2D eigenvalue weighted by Gasteiger charge is -2.28. The van der Waals surface area contributed by atoms with Crippen molar-refractivity contribution >= 4 is 17.5 Å². The van der Waals surface area contributed by atoms with E-state index in [0.717, 1.165) is 49.4 Å². The maximum Gasteiger partial charge on any atom is 0.411 e. The van der Waals surface area contributed by atoms with E-state index in [0.29, 0.717) is 11.4 Å². The fourth-order valence-corrected chi connectivity index (χ4v) is 5.30. The van der Waals surface area contributed by atoms with E-state index < -0.39 is 6.09 Å². The zero-order valence-electron chi connectivity index (χ0n) is 20.6. The van der Waals surface area contributed by atoms with Gasteiger partial charge in [0.2, 0.25) is 0 Å². The minimum Gasteiger partial charge on any atom is -0.448 e. The summed E-state index contributed by atoms with van der Waals surface area (Å²) in [6.45, 7) is 8.58. The molecule has 1 heterocycles. The van der Waals surface area contributed by atoms with E-state index in [4.69, 9.17) is 10.3 Å². The fraction of sp³-hybridized carbons (Fsp3) is 0.321. The number of amides is 1. The van der Waals surface area contributed by atoms with E-state index in [1.54, 1.807) is 0 Å². The largest absolute Gasteiger partial charge is 0.448 e. The minimum atomic E-state index is -0.519. The van der Waals surface area contributed by atoms with Crippen molar-refractivity contribution < 1.29 is 9.53 Å². The molecule has 0 aromatic heterocycles. The van der Waals surface area contributed by atoms with Crippen LogP contribution in [0.3, 0.4) is 0 Å². The Morgan fingerprint density at radius 2 is 1.72 bits per heavy atom. The first-order valence-corrected chi connectivity index (χ1v) is 12.3. The van der Waals surface area contributed by atoms with E-state index in [-0.39, 0.29) is 12.5 Å². The van der Waals surface area contributed by atoms with Gasteiger partial charge in [0.25, 0.3) is 0 Å². The molecule has 1 aliphatic heterocycles. The van der Waals surface area contributed by atoms with Crippen LogP contribution in [0, 0.1) is 13.8 Å². The third-order valence-electron chi connectivity index (χ3n) is 7.25. The van der Waals surface area contributed by atoms with Crippen molar-refractivity contribution in [1.29, 1.82) is 0 Å². The molecule has 8 nitrogen and oxygen atoms in total. The van der Waals surface area contributed by atoms with Crippen molar-refractivity contribution in [3.63, 3.8) is 0 Å². The maximum atomic E-state index is 13.0. The number of anilines is 1. The average molecular weight is 483 g/mol. The molecular formula is C28H30N6O2. The quantitative estimate of drug-likeness (QED) is 0.255. The van der Waals surface area contributed by atoms with Crippen LogP contribution in [-0.4, -0.2) is 43.8 Å². The van der Waals surface area contributed by atoms with E-state index in [2.05, 4.69) is 49.8 Å². The Balaban J connectivity index is 1.36. The fourth-order valence-electron chi connectivity index (χ4n) is 5.30. The molecule has 2 N–H and O–H groups in total. The van der Waals surface area contributed by atoms with Crippen LogP contribution in [-0.2, 0) is 11.3 Å². The summed E-state index contributed by atoms with van der Waals surface area (Å²) in [7, 11) is 0. The Morgan fingerprint density at radius 1 is 1.08 bits per heavy atom. The summed E-state index contributed by atoms with van der Waals surface area (Å²) < 4.78 is 5.77. The van der Waals surface area contributed by atoms with Gasteiger partial charge in [0.05, 0.1) is 5.69 Å². The predicted molar refractivity (Wildman–Crippen MR) is 142 cm³/mol. The van der Waals surface area contributed by atoms with Crippen LogP contribution < -0.4 is 10.6 Å². The van der Waals surface area contributed by atoms with Crippen molar-refractivity contribution in [2.45, 2.75) is 26.3 Å². The first-order valence-electron chi connectivity index (χ1n) is 12.3. The maximum absolute atomic E-state index is 13.0. The summed E-state index contributed by atoms with van der Waals surface area (Å²) in [5.74, 6) is -0.0110. The Labute approximate surface area is 210 Å². The molecule has 2 aliphatic rings. The number of azide groups is 1. The van der Waals surface area contributed by atoms with Crippen molar-refractivity contribution in [3.8, 4) is 11.1 Å². The SMILES string of the molecule is Cc1c(CN2CCNCC2)cc(N=[N+]=[N-])c(C)c1NC(=O)OCC1c2ccccc2-c2ccccc21. The second-order valence-corrected chi connectivity index (χ2v) is 9.35. The van der Waals surface area contributed by atoms with Crippen molar-refractivity contribution in [3.05, 3.63) is 92.9 Å². The van der Waals surface area contributed by atoms with E-state index in [1.807, 2.05) is 44.2 Å². The van der Waals surface area contributed by atoms with Crippen LogP contribution in [0.2, 0.25) is 0 Å². The summed E-state index contributed by atoms with van der Waals surface area (Å²) in [6, 6.07) is 18.5. The number of hydrogen-bond donors (Lipinski definition) is 2. The van der Waals surface area contributed by atoms with Gasteiger partial charge >= 0.3 is 6.09 Å². The predicted octanol–water partition coefficient (Wildman–Crippen LogP) is 6.01. The molecule has 0 radical (unpaired) electrons. The zero-order valence-corrected chi connectivity index (χ0v) is 20.6. The molecule has 0 spiro atoms. The molecule has 3 aromatic carbocycles. The first-order chi connectivity index (χ1) is 17.6. The highest BCUT2D eigenvalue weighted by atomic mass is 16.5. The minimum absolute atomic E-state index is 0.0110. The van der Waals surface area contributed by atoms with Crippen LogP contribution in [0.1, 0.15) is 33.7 Å². The number of rotatable bonds is 6. The van der Waals surface area contributed by atoms with Gasteiger partial charge in [-0.15, -0.1) is 0 Å². The van der Waals surface area contributed by atoms with Crippen molar-refractivity contribution in [2.24, 2.45) is 5.11 Å². The van der Waals surface area contributed by atoms with Gasteiger partial charge in [-0.1, -0.05) is 53.6 Å². The highest BCUT2D eigenvalue weighted by Gasteiger charge is 2.29. The van der Waals surface area contributed by atoms with Crippen LogP contribution in [0.15, 0.2) is 59.7 Å². The summed E-state index contributed by atoms with van der Waals surface area (Å²) in [5.41, 5.74) is 17.7. The molecule has 1 saturated heterocycles. The van der Waals surface area contributed by atoms with E-state index >= 15 is 0 Å². The van der Waals surface area contributed by atoms with Crippen LogP contribution in [0.5, 0.6) is 0 Å². The van der Waals surface area contributed by atoms with Crippen LogP contribution >= 0.6 is 0 Å². The highest BCUT2D eigenvalue weighted by Crippen LogP contribution is 2.44. The Hall–Kier alpha value is -3.84. The summed E-state index contributed by atoms with van der Waals surface area (Å²) in [5, 5.41) is 10.2. The van der Waals surface area contributed by atoms with Gasteiger partial charge < -0.3 is 10.1 Å². The van der Waals surface area contributed by atoms with E-state index in [1.165, 1.54) is 22.3 Å². The third kappa shape index (κ3) is 4.66. The molecule has 36 heavy (non-hydrogen) atoms. The standard InChI is InChI=1S/C28H30N6O2/c1-18-20(16-34-13-11-30-12-14-34)15-26(32-33-29)19(2)27(18)31-28(35)36-17-25-23-9-5-3-7-21(23)22-8-4-6-10-24(22)25/h3-10,15,25,30H,11-14,16-17H2,1-2H3,(H,31,35). The molecule has 1 aliphatic carbocycles. The van der Waals surface area contributed by atoms with Gasteiger partial charge in [0.1, 0.15) is 6.61 Å². The van der Waals surface area contributed by atoms with E-state index in [9.17, 15) is 4.79 Å². The second kappa shape index (κ2) is 10.4. The topological polar surface area (TPSA) is 102 Å². The molecule has 1 amide bonds. The van der Waals surface area contributed by atoms with Gasteiger partial charge in [-0.25, -0.2) is 4.79 Å². The van der Waals surface area contributed by atoms with Crippen LogP contribution in [0.4, 0.5) is 16.2 Å². The first kappa shape index (κ1) is 23.9. The smallest absolute Gasteiger partial charge is 0.411 e. The number of nitrogens with zero attached hydrogens (tertiary/aromatic N) is 4. The van der Waals surface area contributed by atoms with Gasteiger partial charge in [-0.3, -0.25) is 10.2 Å². The lowest BCUT2D eigenvalue weighted by atomic mass is 9.98. The summed E-state index contributed by atoms with van der Waals surface area (Å²) >= 11 is 0. The number of hydrogen-bond acceptors (Lipinski definition) is 5. The molecule has 3 aromatic rings. The second-order valence-electron chi connectivity index (χ2n) is 9.35. The van der Waals surface area contributed by atoms with Gasteiger partial charge in [-0.05, 0) is 64.4 Å². The van der Waals surface area contributed by atoms with Crippen molar-refractivity contribution in [1.82, 2.24) is 10.2 Å². The molecule has 1 fully saturated rings. The number of ether oxygens (including phenoxy) is 1. The molecule has 184 valence electrons.